The van der Waals surface area contributed by atoms with Crippen LogP contribution in [0.5, 0.6) is 0 Å². The molecule has 2 aromatic rings. The number of rotatable bonds is 21. The van der Waals surface area contributed by atoms with Crippen LogP contribution in [0.25, 0.3) is 11.0 Å². The van der Waals surface area contributed by atoms with Gasteiger partial charge in [-0.25, -0.2) is 0 Å². The molecule has 38 heavy (non-hydrogen) atoms. The van der Waals surface area contributed by atoms with Gasteiger partial charge in [0.25, 0.3) is 5.56 Å². The molecule has 10 heteroatoms. The maximum Gasteiger partial charge on any atom is 0.307 e. The number of nitrogens with zero attached hydrogens (tertiary/aromatic N) is 2. The Hall–Kier alpha value is -2.01. The molecule has 3 N–H and O–H groups in total. The van der Waals surface area contributed by atoms with Gasteiger partial charge in [-0.1, -0.05) is 64.2 Å². The van der Waals surface area contributed by atoms with E-state index < -0.39 is 6.29 Å². The van der Waals surface area contributed by atoms with Crippen LogP contribution >= 0.6 is 12.2 Å². The molecule has 0 aliphatic heterocycles. The molecule has 0 spiro atoms. The Morgan fingerprint density at radius 3 is 2.13 bits per heavy atom. The summed E-state index contributed by atoms with van der Waals surface area (Å²) in [7, 11) is 0. The Bertz CT molecular complexity index is 1060. The zero-order valence-corrected chi connectivity index (χ0v) is 24.0. The van der Waals surface area contributed by atoms with Gasteiger partial charge in [-0.3, -0.25) is 14.6 Å². The molecule has 0 aromatic carbocycles. The minimum atomic E-state index is -1.16. The number of aliphatic hydroxyl groups is 2. The number of H-pyrrole nitrogens is 1. The number of aromatic nitrogens is 3. The van der Waals surface area contributed by atoms with Crippen LogP contribution in [-0.2, 0) is 27.5 Å². The maximum absolute atomic E-state index is 12.5. The summed E-state index contributed by atoms with van der Waals surface area (Å²) in [6, 6.07) is 1.81. The Kier molecular flexibility index (Phi) is 15.5. The lowest BCUT2D eigenvalue weighted by atomic mass is 10.0. The standard InChI is InChI=1S/C28H47N3O6S/c1-22(2)36-20-19-31-23-17-18-30(26(23)27(35)29-28(31)38)21-37-25(34)16-14-12-10-8-6-4-3-5-7-9-11-13-15-24(32)33/h17-18,22,24,32-33H,3-16,19-21H2,1-2H3,(H,29,35,38). The van der Waals surface area contributed by atoms with E-state index in [2.05, 4.69) is 4.98 Å². The molecule has 0 aliphatic rings. The number of hydrogen-bond acceptors (Lipinski definition) is 7. The number of carbonyl (C=O) groups excluding carboxylic acids is 1. The van der Waals surface area contributed by atoms with Crippen LogP contribution in [0.1, 0.15) is 104 Å². The Labute approximate surface area is 231 Å². The minimum absolute atomic E-state index is 0.00588. The van der Waals surface area contributed by atoms with Crippen molar-refractivity contribution in [2.45, 2.75) is 129 Å². The van der Waals surface area contributed by atoms with E-state index in [4.69, 9.17) is 31.9 Å². The lowest BCUT2D eigenvalue weighted by molar-refractivity contribution is -0.147. The monoisotopic (exact) mass is 553 g/mol. The fourth-order valence-electron chi connectivity index (χ4n) is 4.55. The lowest BCUT2D eigenvalue weighted by Gasteiger charge is -2.12. The van der Waals surface area contributed by atoms with Crippen LogP contribution in [0.15, 0.2) is 17.1 Å². The van der Waals surface area contributed by atoms with Crippen molar-refractivity contribution >= 4 is 29.2 Å². The van der Waals surface area contributed by atoms with Crippen molar-refractivity contribution in [2.24, 2.45) is 0 Å². The molecule has 0 amide bonds. The van der Waals surface area contributed by atoms with Gasteiger partial charge in [-0.15, -0.1) is 0 Å². The molecule has 0 fully saturated rings. The number of aromatic amines is 1. The predicted molar refractivity (Wildman–Crippen MR) is 151 cm³/mol. The molecule has 0 bridgehead atoms. The lowest BCUT2D eigenvalue weighted by Crippen LogP contribution is -2.20. The highest BCUT2D eigenvalue weighted by molar-refractivity contribution is 7.71. The number of hydrogen-bond donors (Lipinski definition) is 3. The largest absolute Gasteiger partial charge is 0.444 e. The Morgan fingerprint density at radius 1 is 0.974 bits per heavy atom. The first-order chi connectivity index (χ1) is 18.3. The molecular formula is C28H47N3O6S. The number of aliphatic hydroxyl groups excluding tert-OH is 1. The van der Waals surface area contributed by atoms with E-state index in [9.17, 15) is 9.59 Å². The third-order valence-corrected chi connectivity index (χ3v) is 6.96. The van der Waals surface area contributed by atoms with Crippen molar-refractivity contribution < 1.29 is 24.5 Å². The maximum atomic E-state index is 12.5. The molecule has 216 valence electrons. The molecular weight excluding hydrogens is 506 g/mol. The summed E-state index contributed by atoms with van der Waals surface area (Å²) in [5.41, 5.74) is 0.823. The fraction of sp³-hybridized carbons (Fsp3) is 0.750. The number of carbonyl (C=O) groups is 1. The van der Waals surface area contributed by atoms with E-state index in [-0.39, 0.29) is 24.4 Å². The van der Waals surface area contributed by atoms with Crippen molar-refractivity contribution in [1.82, 2.24) is 14.1 Å². The minimum Gasteiger partial charge on any atom is -0.444 e. The van der Waals surface area contributed by atoms with Crippen LogP contribution < -0.4 is 5.56 Å². The summed E-state index contributed by atoms with van der Waals surface area (Å²) in [6.07, 6.45) is 15.0. The number of nitrogens with one attached hydrogen (secondary N) is 1. The summed E-state index contributed by atoms with van der Waals surface area (Å²) in [5, 5.41) is 17.6. The molecule has 9 nitrogen and oxygen atoms in total. The average Bonchev–Trinajstić information content (AvgIpc) is 3.29. The van der Waals surface area contributed by atoms with Gasteiger partial charge in [0, 0.05) is 19.2 Å². The van der Waals surface area contributed by atoms with Crippen molar-refractivity contribution in [2.75, 3.05) is 6.61 Å². The van der Waals surface area contributed by atoms with Gasteiger partial charge in [-0.05, 0) is 51.4 Å². The first kappa shape index (κ1) is 32.2. The zero-order chi connectivity index (χ0) is 27.8. The SMILES string of the molecule is CC(C)OCCn1c(=S)[nH]c(=O)c2c1ccn2COC(=O)CCCCCCCCCCCCCCC(O)O. The van der Waals surface area contributed by atoms with Crippen molar-refractivity contribution in [3.05, 3.63) is 27.4 Å². The summed E-state index contributed by atoms with van der Waals surface area (Å²) < 4.78 is 14.9. The second-order valence-electron chi connectivity index (χ2n) is 10.3. The van der Waals surface area contributed by atoms with Gasteiger partial charge in [0.15, 0.2) is 17.8 Å². The summed E-state index contributed by atoms with van der Waals surface area (Å²) in [6.45, 7) is 4.93. The molecule has 2 heterocycles. The Balaban J connectivity index is 1.59. The summed E-state index contributed by atoms with van der Waals surface area (Å²) in [5.74, 6) is -0.255. The predicted octanol–water partition coefficient (Wildman–Crippen LogP) is 5.56. The second-order valence-corrected chi connectivity index (χ2v) is 10.6. The normalized spacial score (nSPS) is 11.7. The average molecular weight is 554 g/mol. The number of ether oxygens (including phenoxy) is 2. The molecule has 0 unspecified atom stereocenters. The van der Waals surface area contributed by atoms with E-state index in [1.54, 1.807) is 10.8 Å². The van der Waals surface area contributed by atoms with Gasteiger partial charge in [0.2, 0.25) is 0 Å². The second kappa shape index (κ2) is 18.3. The van der Waals surface area contributed by atoms with Gasteiger partial charge < -0.3 is 28.8 Å². The molecule has 2 rings (SSSR count). The molecule has 0 atom stereocenters. The van der Waals surface area contributed by atoms with Gasteiger partial charge >= 0.3 is 5.97 Å². The highest BCUT2D eigenvalue weighted by Gasteiger charge is 2.12. The van der Waals surface area contributed by atoms with Crippen LogP contribution in [0.2, 0.25) is 0 Å². The van der Waals surface area contributed by atoms with Gasteiger partial charge in [-0.2, -0.15) is 0 Å². The Morgan fingerprint density at radius 2 is 1.55 bits per heavy atom. The van der Waals surface area contributed by atoms with Gasteiger partial charge in [0.1, 0.15) is 5.52 Å². The van der Waals surface area contributed by atoms with Crippen molar-refractivity contribution in [3.8, 4) is 0 Å². The number of unbranched alkanes of at least 4 members (excludes halogenated alkanes) is 11. The van der Waals surface area contributed by atoms with Crippen LogP contribution in [0.3, 0.4) is 0 Å². The van der Waals surface area contributed by atoms with E-state index >= 15 is 0 Å². The molecule has 0 saturated heterocycles. The number of fused-ring (bicyclic) bond motifs is 1. The zero-order valence-electron chi connectivity index (χ0n) is 23.2. The van der Waals surface area contributed by atoms with Crippen LogP contribution in [-0.4, -0.2) is 49.3 Å². The van der Waals surface area contributed by atoms with Crippen LogP contribution in [0.4, 0.5) is 0 Å². The van der Waals surface area contributed by atoms with Crippen molar-refractivity contribution in [3.63, 3.8) is 0 Å². The third kappa shape index (κ3) is 12.2. The molecule has 0 saturated carbocycles. The van der Waals surface area contributed by atoms with E-state index in [1.165, 1.54) is 44.9 Å². The first-order valence-electron chi connectivity index (χ1n) is 14.2. The van der Waals surface area contributed by atoms with Crippen LogP contribution in [0, 0.1) is 4.77 Å². The smallest absolute Gasteiger partial charge is 0.307 e. The highest BCUT2D eigenvalue weighted by Crippen LogP contribution is 2.15. The van der Waals surface area contributed by atoms with E-state index in [1.807, 2.05) is 24.5 Å². The third-order valence-electron chi connectivity index (χ3n) is 6.64. The molecule has 2 aromatic heterocycles. The fourth-order valence-corrected chi connectivity index (χ4v) is 4.83. The molecule has 0 radical (unpaired) electrons. The highest BCUT2D eigenvalue weighted by atomic mass is 32.1. The van der Waals surface area contributed by atoms with E-state index in [0.717, 1.165) is 32.1 Å². The van der Waals surface area contributed by atoms with E-state index in [0.29, 0.717) is 41.8 Å². The quantitative estimate of drug-likeness (QED) is 0.0802. The van der Waals surface area contributed by atoms with Gasteiger partial charge in [0.05, 0.1) is 18.2 Å². The number of esters is 1. The molecule has 0 aliphatic carbocycles. The summed E-state index contributed by atoms with van der Waals surface area (Å²) >= 11 is 5.33. The topological polar surface area (TPSA) is 119 Å². The summed E-state index contributed by atoms with van der Waals surface area (Å²) in [4.78, 5) is 27.5. The van der Waals surface area contributed by atoms with Crippen molar-refractivity contribution in [1.29, 1.82) is 0 Å². The first-order valence-corrected chi connectivity index (χ1v) is 14.7.